The van der Waals surface area contributed by atoms with Crippen molar-refractivity contribution in [2.24, 2.45) is 0 Å². The number of rotatable bonds is 7. The summed E-state index contributed by atoms with van der Waals surface area (Å²) in [5.41, 5.74) is 4.67. The van der Waals surface area contributed by atoms with Gasteiger partial charge in [-0.3, -0.25) is 14.6 Å². The fourth-order valence-electron chi connectivity index (χ4n) is 3.93. The van der Waals surface area contributed by atoms with Gasteiger partial charge < -0.3 is 10.2 Å². The molecule has 0 radical (unpaired) electrons. The number of aryl methyl sites for hydroxylation is 1. The van der Waals surface area contributed by atoms with Crippen LogP contribution in [-0.4, -0.2) is 51.4 Å². The number of hydrogen-bond donors (Lipinski definition) is 2. The molecule has 158 valence electrons. The molecule has 0 unspecified atom stereocenters. The average Bonchev–Trinajstić information content (AvgIpc) is 3.32. The third-order valence-corrected chi connectivity index (χ3v) is 5.37. The van der Waals surface area contributed by atoms with Crippen LogP contribution in [0.1, 0.15) is 40.3 Å². The quantitative estimate of drug-likeness (QED) is 0.628. The van der Waals surface area contributed by atoms with Crippen molar-refractivity contribution in [3.05, 3.63) is 58.8 Å². The van der Waals surface area contributed by atoms with Crippen molar-refractivity contribution in [3.8, 4) is 11.3 Å². The molecule has 0 spiro atoms. The highest BCUT2D eigenvalue weighted by atomic mass is 19.1. The van der Waals surface area contributed by atoms with Crippen LogP contribution in [0.4, 0.5) is 4.39 Å². The van der Waals surface area contributed by atoms with Gasteiger partial charge in [0.1, 0.15) is 5.82 Å². The molecule has 0 saturated carbocycles. The number of hydrogen-bond acceptors (Lipinski definition) is 4. The lowest BCUT2D eigenvalue weighted by Crippen LogP contribution is -2.29. The Kier molecular flexibility index (Phi) is 5.94. The van der Waals surface area contributed by atoms with E-state index in [9.17, 15) is 9.18 Å². The standard InChI is InChI=1S/C22H27FN6O/c1-28(2)14-15-13-20(16-7-3-5-9-18(16)23)27-29(15)12-11-24-22(30)21-17-8-4-6-10-19(17)25-26-21/h3,5,7,9,13H,4,6,8,10-12,14H2,1-2H3,(H,24,30)(H,25,26). The van der Waals surface area contributed by atoms with E-state index in [2.05, 4.69) is 20.6 Å². The van der Waals surface area contributed by atoms with Crippen LogP contribution in [0, 0.1) is 5.82 Å². The SMILES string of the molecule is CN(C)Cc1cc(-c2ccccc2F)nn1CCNC(=O)c1n[nH]c2c1CCCC2. The first kappa shape index (κ1) is 20.3. The van der Waals surface area contributed by atoms with Crippen LogP contribution in [0.15, 0.2) is 30.3 Å². The van der Waals surface area contributed by atoms with Crippen molar-refractivity contribution in [3.63, 3.8) is 0 Å². The number of halogens is 1. The van der Waals surface area contributed by atoms with Gasteiger partial charge in [0.25, 0.3) is 5.91 Å². The van der Waals surface area contributed by atoms with Gasteiger partial charge in [-0.15, -0.1) is 0 Å². The van der Waals surface area contributed by atoms with E-state index in [0.717, 1.165) is 42.6 Å². The number of aromatic nitrogens is 4. The molecule has 3 aromatic rings. The summed E-state index contributed by atoms with van der Waals surface area (Å²) in [4.78, 5) is 14.7. The van der Waals surface area contributed by atoms with E-state index >= 15 is 0 Å². The summed E-state index contributed by atoms with van der Waals surface area (Å²) >= 11 is 0. The van der Waals surface area contributed by atoms with Crippen LogP contribution in [0.5, 0.6) is 0 Å². The summed E-state index contributed by atoms with van der Waals surface area (Å²) in [5.74, 6) is -0.458. The molecule has 1 aromatic carbocycles. The molecule has 0 fully saturated rings. The topological polar surface area (TPSA) is 78.8 Å². The molecule has 1 aliphatic carbocycles. The predicted molar refractivity (Wildman–Crippen MR) is 113 cm³/mol. The summed E-state index contributed by atoms with van der Waals surface area (Å²) < 4.78 is 16.0. The molecule has 0 atom stereocenters. The molecule has 4 rings (SSSR count). The Morgan fingerprint density at radius 2 is 2.07 bits per heavy atom. The van der Waals surface area contributed by atoms with Crippen LogP contribution < -0.4 is 5.32 Å². The lowest BCUT2D eigenvalue weighted by Gasteiger charge is -2.13. The van der Waals surface area contributed by atoms with Crippen molar-refractivity contribution in [2.75, 3.05) is 20.6 Å². The zero-order valence-corrected chi connectivity index (χ0v) is 17.4. The zero-order valence-electron chi connectivity index (χ0n) is 17.4. The van der Waals surface area contributed by atoms with E-state index in [1.807, 2.05) is 29.7 Å². The molecule has 2 aromatic heterocycles. The predicted octanol–water partition coefficient (Wildman–Crippen LogP) is 2.78. The van der Waals surface area contributed by atoms with Gasteiger partial charge in [0.2, 0.25) is 0 Å². The van der Waals surface area contributed by atoms with Gasteiger partial charge in [-0.05, 0) is 58.0 Å². The summed E-state index contributed by atoms with van der Waals surface area (Å²) in [5, 5.41) is 14.8. The van der Waals surface area contributed by atoms with Crippen molar-refractivity contribution in [2.45, 2.75) is 38.8 Å². The van der Waals surface area contributed by atoms with Gasteiger partial charge >= 0.3 is 0 Å². The number of H-pyrrole nitrogens is 1. The van der Waals surface area contributed by atoms with E-state index in [1.165, 1.54) is 6.07 Å². The van der Waals surface area contributed by atoms with Crippen LogP contribution >= 0.6 is 0 Å². The van der Waals surface area contributed by atoms with Crippen LogP contribution in [-0.2, 0) is 25.9 Å². The van der Waals surface area contributed by atoms with Crippen LogP contribution in [0.2, 0.25) is 0 Å². The second-order valence-corrected chi connectivity index (χ2v) is 7.95. The maximum absolute atomic E-state index is 14.2. The maximum atomic E-state index is 14.2. The van der Waals surface area contributed by atoms with Crippen molar-refractivity contribution in [1.29, 1.82) is 0 Å². The van der Waals surface area contributed by atoms with Crippen molar-refractivity contribution in [1.82, 2.24) is 30.2 Å². The van der Waals surface area contributed by atoms with Crippen LogP contribution in [0.25, 0.3) is 11.3 Å². The Hall–Kier alpha value is -3.00. The summed E-state index contributed by atoms with van der Waals surface area (Å²) in [6, 6.07) is 8.53. The highest BCUT2D eigenvalue weighted by molar-refractivity contribution is 5.94. The molecule has 1 aliphatic rings. The molecule has 30 heavy (non-hydrogen) atoms. The Bertz CT molecular complexity index is 1040. The molecule has 1 amide bonds. The largest absolute Gasteiger partial charge is 0.349 e. The number of nitrogens with zero attached hydrogens (tertiary/aromatic N) is 4. The first-order chi connectivity index (χ1) is 14.5. The number of carbonyl (C=O) groups is 1. The number of amides is 1. The normalized spacial score (nSPS) is 13.5. The third-order valence-electron chi connectivity index (χ3n) is 5.37. The van der Waals surface area contributed by atoms with Gasteiger partial charge in [0.05, 0.1) is 17.9 Å². The summed E-state index contributed by atoms with van der Waals surface area (Å²) in [6.07, 6.45) is 4.07. The number of benzene rings is 1. The van der Waals surface area contributed by atoms with E-state index in [0.29, 0.717) is 36.6 Å². The molecule has 2 N–H and O–H groups in total. The highest BCUT2D eigenvalue weighted by Crippen LogP contribution is 2.23. The number of fused-ring (bicyclic) bond motifs is 1. The highest BCUT2D eigenvalue weighted by Gasteiger charge is 2.21. The minimum absolute atomic E-state index is 0.162. The second kappa shape index (κ2) is 8.79. The second-order valence-electron chi connectivity index (χ2n) is 7.95. The molecule has 2 heterocycles. The average molecular weight is 410 g/mol. The first-order valence-electron chi connectivity index (χ1n) is 10.3. The minimum Gasteiger partial charge on any atom is -0.349 e. The Balaban J connectivity index is 1.46. The Morgan fingerprint density at radius 3 is 2.87 bits per heavy atom. The van der Waals surface area contributed by atoms with E-state index < -0.39 is 0 Å². The fourth-order valence-corrected chi connectivity index (χ4v) is 3.93. The van der Waals surface area contributed by atoms with Crippen molar-refractivity contribution >= 4 is 5.91 Å². The summed E-state index contributed by atoms with van der Waals surface area (Å²) in [7, 11) is 3.95. The van der Waals surface area contributed by atoms with Crippen LogP contribution in [0.3, 0.4) is 0 Å². The molecule has 0 saturated heterocycles. The fraction of sp³-hybridized carbons (Fsp3) is 0.409. The van der Waals surface area contributed by atoms with Gasteiger partial charge in [0, 0.05) is 29.9 Å². The molecular formula is C22H27FN6O. The minimum atomic E-state index is -0.296. The first-order valence-corrected chi connectivity index (χ1v) is 10.3. The molecule has 0 aliphatic heterocycles. The van der Waals surface area contributed by atoms with Gasteiger partial charge in [-0.2, -0.15) is 10.2 Å². The lowest BCUT2D eigenvalue weighted by atomic mass is 9.96. The van der Waals surface area contributed by atoms with Crippen molar-refractivity contribution < 1.29 is 9.18 Å². The zero-order chi connectivity index (χ0) is 21.1. The van der Waals surface area contributed by atoms with E-state index in [1.54, 1.807) is 18.2 Å². The van der Waals surface area contributed by atoms with Gasteiger partial charge in [-0.1, -0.05) is 12.1 Å². The smallest absolute Gasteiger partial charge is 0.272 e. The Labute approximate surface area is 175 Å². The lowest BCUT2D eigenvalue weighted by molar-refractivity contribution is 0.0945. The maximum Gasteiger partial charge on any atom is 0.272 e. The number of aromatic amines is 1. The van der Waals surface area contributed by atoms with E-state index in [4.69, 9.17) is 0 Å². The molecule has 0 bridgehead atoms. The third kappa shape index (κ3) is 4.28. The van der Waals surface area contributed by atoms with E-state index in [-0.39, 0.29) is 11.7 Å². The van der Waals surface area contributed by atoms with Gasteiger partial charge in [-0.25, -0.2) is 4.39 Å². The molecule has 7 nitrogen and oxygen atoms in total. The monoisotopic (exact) mass is 410 g/mol. The molecular weight excluding hydrogens is 383 g/mol. The number of carbonyl (C=O) groups excluding carboxylic acids is 1. The Morgan fingerprint density at radius 1 is 1.27 bits per heavy atom. The van der Waals surface area contributed by atoms with Gasteiger partial charge in [0.15, 0.2) is 5.69 Å². The molecule has 8 heteroatoms. The summed E-state index contributed by atoms with van der Waals surface area (Å²) in [6.45, 7) is 1.58. The number of nitrogens with one attached hydrogen (secondary N) is 2.